The summed E-state index contributed by atoms with van der Waals surface area (Å²) in [5.41, 5.74) is 0.618. The fourth-order valence-electron chi connectivity index (χ4n) is 3.62. The van der Waals surface area contributed by atoms with Crippen LogP contribution in [-0.4, -0.2) is 19.9 Å². The summed E-state index contributed by atoms with van der Waals surface area (Å²) in [6.07, 6.45) is 5.00. The highest BCUT2D eigenvalue weighted by Crippen LogP contribution is 2.60. The standard InChI is InChI=1S/C19H18ClN3O/c20-17-8-6-16(7-9-17)19(24,12-23-14-21-13-22-23)18(10-11-18)15-4-2-1-3-5-15/h1-9,13-14,24H,10-12H2. The Bertz CT molecular complexity index is 814. The lowest BCUT2D eigenvalue weighted by Gasteiger charge is -2.37. The monoisotopic (exact) mass is 339 g/mol. The molecular formula is C19H18ClN3O. The maximum Gasteiger partial charge on any atom is 0.137 e. The van der Waals surface area contributed by atoms with Gasteiger partial charge in [0.2, 0.25) is 0 Å². The maximum atomic E-state index is 11.9. The van der Waals surface area contributed by atoms with Crippen LogP contribution in [0.3, 0.4) is 0 Å². The van der Waals surface area contributed by atoms with E-state index in [1.54, 1.807) is 11.0 Å². The molecule has 1 aromatic heterocycles. The highest BCUT2D eigenvalue weighted by Gasteiger charge is 2.60. The van der Waals surface area contributed by atoms with Crippen molar-refractivity contribution < 1.29 is 5.11 Å². The number of nitrogens with zero attached hydrogens (tertiary/aromatic N) is 3. The van der Waals surface area contributed by atoms with Crippen molar-refractivity contribution in [1.82, 2.24) is 14.8 Å². The molecule has 122 valence electrons. The third-order valence-electron chi connectivity index (χ3n) is 5.05. The van der Waals surface area contributed by atoms with E-state index >= 15 is 0 Å². The topological polar surface area (TPSA) is 50.9 Å². The van der Waals surface area contributed by atoms with Gasteiger partial charge in [-0.25, -0.2) is 9.67 Å². The maximum absolute atomic E-state index is 11.9. The van der Waals surface area contributed by atoms with Crippen LogP contribution in [0.25, 0.3) is 0 Å². The van der Waals surface area contributed by atoms with E-state index in [1.165, 1.54) is 6.33 Å². The third kappa shape index (κ3) is 2.43. The van der Waals surface area contributed by atoms with E-state index in [1.807, 2.05) is 42.5 Å². The van der Waals surface area contributed by atoms with Crippen LogP contribution in [0.15, 0.2) is 67.3 Å². The van der Waals surface area contributed by atoms with Crippen molar-refractivity contribution in [2.45, 2.75) is 30.4 Å². The van der Waals surface area contributed by atoms with E-state index in [0.29, 0.717) is 11.6 Å². The van der Waals surface area contributed by atoms with Gasteiger partial charge in [-0.1, -0.05) is 54.1 Å². The van der Waals surface area contributed by atoms with Crippen molar-refractivity contribution in [3.05, 3.63) is 83.4 Å². The Morgan fingerprint density at radius 1 is 1.08 bits per heavy atom. The fraction of sp³-hybridized carbons (Fsp3) is 0.263. The summed E-state index contributed by atoms with van der Waals surface area (Å²) < 4.78 is 1.69. The Labute approximate surface area is 145 Å². The van der Waals surface area contributed by atoms with Gasteiger partial charge in [-0.3, -0.25) is 0 Å². The summed E-state index contributed by atoms with van der Waals surface area (Å²) >= 11 is 6.04. The van der Waals surface area contributed by atoms with E-state index in [9.17, 15) is 5.11 Å². The van der Waals surface area contributed by atoms with Crippen molar-refractivity contribution >= 4 is 11.6 Å². The zero-order valence-corrected chi connectivity index (χ0v) is 13.9. The molecule has 1 atom stereocenters. The Hall–Kier alpha value is -2.17. The van der Waals surface area contributed by atoms with Crippen molar-refractivity contribution in [3.8, 4) is 0 Å². The SMILES string of the molecule is OC(Cn1cncn1)(c1ccc(Cl)cc1)C1(c2ccccc2)CC1. The van der Waals surface area contributed by atoms with E-state index in [4.69, 9.17) is 11.6 Å². The van der Waals surface area contributed by atoms with Gasteiger partial charge in [0, 0.05) is 10.4 Å². The number of hydrogen-bond acceptors (Lipinski definition) is 3. The molecule has 1 unspecified atom stereocenters. The summed E-state index contributed by atoms with van der Waals surface area (Å²) in [5, 5.41) is 16.7. The van der Waals surface area contributed by atoms with E-state index in [-0.39, 0.29) is 5.41 Å². The van der Waals surface area contributed by atoms with Gasteiger partial charge in [0.15, 0.2) is 0 Å². The molecule has 0 spiro atoms. The largest absolute Gasteiger partial charge is 0.382 e. The Morgan fingerprint density at radius 3 is 2.38 bits per heavy atom. The quantitative estimate of drug-likeness (QED) is 0.773. The smallest absolute Gasteiger partial charge is 0.137 e. The van der Waals surface area contributed by atoms with Crippen LogP contribution < -0.4 is 0 Å². The molecule has 5 heteroatoms. The first-order valence-corrected chi connectivity index (χ1v) is 8.38. The number of aromatic nitrogens is 3. The van der Waals surface area contributed by atoms with Crippen LogP contribution in [0.1, 0.15) is 24.0 Å². The summed E-state index contributed by atoms with van der Waals surface area (Å²) in [7, 11) is 0. The lowest BCUT2D eigenvalue weighted by atomic mass is 9.74. The minimum Gasteiger partial charge on any atom is -0.382 e. The van der Waals surface area contributed by atoms with Gasteiger partial charge in [0.1, 0.15) is 18.3 Å². The van der Waals surface area contributed by atoms with Crippen LogP contribution >= 0.6 is 11.6 Å². The van der Waals surface area contributed by atoms with Gasteiger partial charge in [0.25, 0.3) is 0 Å². The molecule has 1 heterocycles. The van der Waals surface area contributed by atoms with Gasteiger partial charge in [-0.15, -0.1) is 0 Å². The van der Waals surface area contributed by atoms with Crippen molar-refractivity contribution in [2.24, 2.45) is 0 Å². The zero-order chi connectivity index (χ0) is 16.6. The molecule has 4 nitrogen and oxygen atoms in total. The first-order valence-electron chi connectivity index (χ1n) is 8.00. The van der Waals surface area contributed by atoms with Crippen LogP contribution in [0.2, 0.25) is 5.02 Å². The Morgan fingerprint density at radius 2 is 1.79 bits per heavy atom. The first kappa shape index (κ1) is 15.4. The predicted octanol–water partition coefficient (Wildman–Crippen LogP) is 3.55. The predicted molar refractivity (Wildman–Crippen MR) is 92.7 cm³/mol. The fourth-order valence-corrected chi connectivity index (χ4v) is 3.74. The van der Waals surface area contributed by atoms with Crippen molar-refractivity contribution in [3.63, 3.8) is 0 Å². The lowest BCUT2D eigenvalue weighted by Crippen LogP contribution is -2.43. The molecule has 0 aliphatic heterocycles. The molecule has 1 fully saturated rings. The second kappa shape index (κ2) is 5.72. The Kier molecular flexibility index (Phi) is 3.66. The molecule has 3 aromatic rings. The van der Waals surface area contributed by atoms with Crippen LogP contribution in [0, 0.1) is 0 Å². The average molecular weight is 340 g/mol. The lowest BCUT2D eigenvalue weighted by molar-refractivity contribution is -0.0247. The minimum absolute atomic E-state index is 0.311. The van der Waals surface area contributed by atoms with Crippen molar-refractivity contribution in [1.29, 1.82) is 0 Å². The highest BCUT2D eigenvalue weighted by molar-refractivity contribution is 6.30. The molecule has 0 radical (unpaired) electrons. The number of aliphatic hydroxyl groups is 1. The second-order valence-electron chi connectivity index (χ2n) is 6.41. The second-order valence-corrected chi connectivity index (χ2v) is 6.84. The molecule has 1 aliphatic rings. The molecule has 0 amide bonds. The normalized spacial score (nSPS) is 18.1. The first-order chi connectivity index (χ1) is 11.6. The molecule has 24 heavy (non-hydrogen) atoms. The van der Waals surface area contributed by atoms with Gasteiger partial charge in [-0.2, -0.15) is 5.10 Å². The summed E-state index contributed by atoms with van der Waals surface area (Å²) in [5.74, 6) is 0. The molecule has 1 N–H and O–H groups in total. The van der Waals surface area contributed by atoms with Gasteiger partial charge < -0.3 is 5.11 Å². The number of benzene rings is 2. The number of rotatable bonds is 5. The number of hydrogen-bond donors (Lipinski definition) is 1. The van der Waals surface area contributed by atoms with E-state index < -0.39 is 5.60 Å². The minimum atomic E-state index is -1.08. The molecule has 0 saturated heterocycles. The zero-order valence-electron chi connectivity index (χ0n) is 13.1. The third-order valence-corrected chi connectivity index (χ3v) is 5.30. The summed E-state index contributed by atoms with van der Waals surface area (Å²) in [6.45, 7) is 0.351. The average Bonchev–Trinajstić information content (AvgIpc) is 3.29. The molecule has 1 aliphatic carbocycles. The van der Waals surface area contributed by atoms with E-state index in [2.05, 4.69) is 22.2 Å². The Balaban J connectivity index is 1.83. The molecule has 0 bridgehead atoms. The van der Waals surface area contributed by atoms with Crippen LogP contribution in [0.5, 0.6) is 0 Å². The molecule has 4 rings (SSSR count). The summed E-state index contributed by atoms with van der Waals surface area (Å²) in [4.78, 5) is 4.01. The highest BCUT2D eigenvalue weighted by atomic mass is 35.5. The number of halogens is 1. The van der Waals surface area contributed by atoms with Crippen LogP contribution in [0.4, 0.5) is 0 Å². The molecule has 1 saturated carbocycles. The van der Waals surface area contributed by atoms with Gasteiger partial charge >= 0.3 is 0 Å². The van der Waals surface area contributed by atoms with E-state index in [0.717, 1.165) is 24.0 Å². The van der Waals surface area contributed by atoms with Crippen molar-refractivity contribution in [2.75, 3.05) is 0 Å². The summed E-state index contributed by atoms with van der Waals surface area (Å²) in [6, 6.07) is 17.7. The molecule has 2 aromatic carbocycles. The molecular weight excluding hydrogens is 322 g/mol. The van der Waals surface area contributed by atoms with Crippen LogP contribution in [-0.2, 0) is 17.6 Å². The van der Waals surface area contributed by atoms with Gasteiger partial charge in [-0.05, 0) is 36.1 Å². The van der Waals surface area contributed by atoms with Gasteiger partial charge in [0.05, 0.1) is 6.54 Å².